The second-order valence-corrected chi connectivity index (χ2v) is 6.29. The fraction of sp³-hybridized carbons (Fsp3) is 0.188. The van der Waals surface area contributed by atoms with Crippen LogP contribution in [0, 0.1) is 6.92 Å². The number of benzene rings is 1. The van der Waals surface area contributed by atoms with E-state index in [9.17, 15) is 14.4 Å². The van der Waals surface area contributed by atoms with Gasteiger partial charge in [-0.3, -0.25) is 5.32 Å². The van der Waals surface area contributed by atoms with Crippen molar-refractivity contribution in [3.63, 3.8) is 0 Å². The average Bonchev–Trinajstić information content (AvgIpc) is 2.89. The van der Waals surface area contributed by atoms with E-state index < -0.39 is 18.0 Å². The molecule has 2 rings (SSSR count). The molecule has 0 fully saturated rings. The molecule has 0 aliphatic heterocycles. The number of halogens is 1. The van der Waals surface area contributed by atoms with Crippen LogP contribution >= 0.6 is 22.9 Å². The van der Waals surface area contributed by atoms with Gasteiger partial charge in [0.05, 0.1) is 19.8 Å². The summed E-state index contributed by atoms with van der Waals surface area (Å²) in [5.41, 5.74) is 0.960. The monoisotopic (exact) mass is 382 g/mol. The molecular formula is C16H15ClN2O5S. The van der Waals surface area contributed by atoms with Crippen molar-refractivity contribution in [2.24, 2.45) is 0 Å². The van der Waals surface area contributed by atoms with Gasteiger partial charge in [0.2, 0.25) is 0 Å². The highest BCUT2D eigenvalue weighted by Gasteiger charge is 2.26. The van der Waals surface area contributed by atoms with Crippen LogP contribution in [-0.4, -0.2) is 32.2 Å². The normalized spacial score (nSPS) is 10.1. The molecule has 0 spiro atoms. The number of thiophene rings is 1. The van der Waals surface area contributed by atoms with Crippen molar-refractivity contribution in [1.82, 2.24) is 0 Å². The van der Waals surface area contributed by atoms with E-state index in [-0.39, 0.29) is 15.4 Å². The number of rotatable bonds is 4. The molecule has 0 bridgehead atoms. The quantitative estimate of drug-likeness (QED) is 0.781. The predicted molar refractivity (Wildman–Crippen MR) is 95.8 cm³/mol. The molecule has 2 N–H and O–H groups in total. The minimum Gasteiger partial charge on any atom is -0.465 e. The highest BCUT2D eigenvalue weighted by molar-refractivity contribution is 7.18. The smallest absolute Gasteiger partial charge is 0.348 e. The van der Waals surface area contributed by atoms with E-state index >= 15 is 0 Å². The zero-order chi connectivity index (χ0) is 18.6. The van der Waals surface area contributed by atoms with Crippen molar-refractivity contribution in [3.05, 3.63) is 45.3 Å². The molecular weight excluding hydrogens is 368 g/mol. The van der Waals surface area contributed by atoms with Crippen molar-refractivity contribution >= 4 is 51.6 Å². The molecule has 0 aliphatic rings. The predicted octanol–water partition coefficient (Wildman–Crippen LogP) is 3.93. The number of hydrogen-bond donors (Lipinski definition) is 2. The minimum atomic E-state index is -0.665. The summed E-state index contributed by atoms with van der Waals surface area (Å²) in [4.78, 5) is 36.2. The number of anilines is 2. The van der Waals surface area contributed by atoms with Gasteiger partial charge >= 0.3 is 18.0 Å². The van der Waals surface area contributed by atoms with Crippen LogP contribution in [0.4, 0.5) is 15.5 Å². The standard InChI is InChI=1S/C16H15ClN2O5S/c1-8-11(14(20)23-2)13(25-12(8)15(21)24-3)19-16(22)18-10-6-4-5-9(17)7-10/h4-7H,1-3H3,(H2,18,19,22). The first-order chi connectivity index (χ1) is 11.9. The third-order valence-electron chi connectivity index (χ3n) is 3.22. The van der Waals surface area contributed by atoms with Crippen LogP contribution in [0.5, 0.6) is 0 Å². The van der Waals surface area contributed by atoms with Gasteiger partial charge in [-0.1, -0.05) is 17.7 Å². The molecule has 0 aliphatic carbocycles. The summed E-state index contributed by atoms with van der Waals surface area (Å²) < 4.78 is 9.42. The number of methoxy groups -OCH3 is 2. The van der Waals surface area contributed by atoms with E-state index in [1.807, 2.05) is 0 Å². The van der Waals surface area contributed by atoms with Crippen LogP contribution < -0.4 is 10.6 Å². The molecule has 0 unspecified atom stereocenters. The van der Waals surface area contributed by atoms with Gasteiger partial charge in [0.1, 0.15) is 9.88 Å². The Balaban J connectivity index is 2.29. The van der Waals surface area contributed by atoms with Crippen LogP contribution in [0.25, 0.3) is 0 Å². The maximum absolute atomic E-state index is 12.2. The van der Waals surface area contributed by atoms with Crippen molar-refractivity contribution in [2.45, 2.75) is 6.92 Å². The minimum absolute atomic E-state index is 0.106. The highest BCUT2D eigenvalue weighted by atomic mass is 35.5. The molecule has 0 radical (unpaired) electrons. The Kier molecular flexibility index (Phi) is 6.00. The number of nitrogens with one attached hydrogen (secondary N) is 2. The molecule has 25 heavy (non-hydrogen) atoms. The maximum Gasteiger partial charge on any atom is 0.348 e. The number of esters is 2. The second-order valence-electron chi connectivity index (χ2n) is 4.83. The number of carbonyl (C=O) groups is 3. The number of ether oxygens (including phenoxy) is 2. The van der Waals surface area contributed by atoms with Gasteiger partial charge < -0.3 is 14.8 Å². The topological polar surface area (TPSA) is 93.7 Å². The first kappa shape index (κ1) is 18.8. The Morgan fingerprint density at radius 1 is 1.08 bits per heavy atom. The lowest BCUT2D eigenvalue weighted by atomic mass is 10.1. The summed E-state index contributed by atoms with van der Waals surface area (Å²) in [6.45, 7) is 1.58. The Morgan fingerprint density at radius 2 is 1.76 bits per heavy atom. The first-order valence-electron chi connectivity index (χ1n) is 7.01. The molecule has 0 saturated carbocycles. The van der Waals surface area contributed by atoms with Crippen LogP contribution in [-0.2, 0) is 9.47 Å². The summed E-state index contributed by atoms with van der Waals surface area (Å²) in [6, 6.07) is 5.99. The van der Waals surface area contributed by atoms with Gasteiger partial charge in [-0.25, -0.2) is 14.4 Å². The van der Waals surface area contributed by atoms with Gasteiger partial charge in [0.15, 0.2) is 0 Å². The van der Waals surface area contributed by atoms with Gasteiger partial charge in [-0.15, -0.1) is 11.3 Å². The summed E-state index contributed by atoms with van der Waals surface area (Å²) >= 11 is 6.80. The van der Waals surface area contributed by atoms with E-state index in [0.717, 1.165) is 11.3 Å². The summed E-state index contributed by atoms with van der Waals surface area (Å²) in [7, 11) is 2.45. The van der Waals surface area contributed by atoms with Crippen LogP contribution in [0.15, 0.2) is 24.3 Å². The molecule has 1 aromatic heterocycles. The summed E-state index contributed by atoms with van der Waals surface area (Å²) in [5, 5.41) is 5.79. The van der Waals surface area contributed by atoms with Crippen molar-refractivity contribution in [1.29, 1.82) is 0 Å². The molecule has 2 aromatic rings. The largest absolute Gasteiger partial charge is 0.465 e. The molecule has 132 valence electrons. The lowest BCUT2D eigenvalue weighted by Crippen LogP contribution is -2.20. The lowest BCUT2D eigenvalue weighted by Gasteiger charge is -2.08. The number of amides is 2. The number of urea groups is 1. The molecule has 7 nitrogen and oxygen atoms in total. The molecule has 9 heteroatoms. The van der Waals surface area contributed by atoms with E-state index in [4.69, 9.17) is 16.3 Å². The first-order valence-corrected chi connectivity index (χ1v) is 8.20. The zero-order valence-electron chi connectivity index (χ0n) is 13.6. The fourth-order valence-corrected chi connectivity index (χ4v) is 3.37. The molecule has 0 atom stereocenters. The van der Waals surface area contributed by atoms with Gasteiger partial charge in [0, 0.05) is 10.7 Å². The highest BCUT2D eigenvalue weighted by Crippen LogP contribution is 2.34. The fourth-order valence-electron chi connectivity index (χ4n) is 2.07. The Labute approximate surface area is 152 Å². The van der Waals surface area contributed by atoms with Gasteiger partial charge in [-0.2, -0.15) is 0 Å². The SMILES string of the molecule is COC(=O)c1sc(NC(=O)Nc2cccc(Cl)c2)c(C(=O)OC)c1C. The molecule has 1 aromatic carbocycles. The Morgan fingerprint density at radius 3 is 2.36 bits per heavy atom. The molecule has 1 heterocycles. The van der Waals surface area contributed by atoms with E-state index in [1.165, 1.54) is 14.2 Å². The van der Waals surface area contributed by atoms with Crippen molar-refractivity contribution in [2.75, 3.05) is 24.9 Å². The third kappa shape index (κ3) is 4.28. The zero-order valence-corrected chi connectivity index (χ0v) is 15.2. The Bertz CT molecular complexity index is 834. The van der Waals surface area contributed by atoms with E-state index in [0.29, 0.717) is 16.3 Å². The summed E-state index contributed by atoms with van der Waals surface area (Å²) in [5.74, 6) is -1.27. The average molecular weight is 383 g/mol. The van der Waals surface area contributed by atoms with Gasteiger partial charge in [-0.05, 0) is 30.7 Å². The van der Waals surface area contributed by atoms with Crippen LogP contribution in [0.3, 0.4) is 0 Å². The molecule has 0 saturated heterocycles. The number of carbonyl (C=O) groups excluding carboxylic acids is 3. The maximum atomic E-state index is 12.2. The van der Waals surface area contributed by atoms with Crippen molar-refractivity contribution < 1.29 is 23.9 Å². The van der Waals surface area contributed by atoms with Crippen molar-refractivity contribution in [3.8, 4) is 0 Å². The van der Waals surface area contributed by atoms with E-state index in [1.54, 1.807) is 31.2 Å². The van der Waals surface area contributed by atoms with Crippen LogP contribution in [0.1, 0.15) is 25.6 Å². The van der Waals surface area contributed by atoms with Crippen LogP contribution in [0.2, 0.25) is 5.02 Å². The third-order valence-corrected chi connectivity index (χ3v) is 4.64. The number of hydrogen-bond acceptors (Lipinski definition) is 6. The molecule has 2 amide bonds. The Hall–Kier alpha value is -2.58. The van der Waals surface area contributed by atoms with E-state index in [2.05, 4.69) is 15.4 Å². The van der Waals surface area contributed by atoms with Gasteiger partial charge in [0.25, 0.3) is 0 Å². The lowest BCUT2D eigenvalue weighted by molar-refractivity contribution is 0.0601. The summed E-state index contributed by atoms with van der Waals surface area (Å²) in [6.07, 6.45) is 0. The second kappa shape index (κ2) is 8.00.